The van der Waals surface area contributed by atoms with Crippen LogP contribution >= 0.6 is 7.82 Å². The molecule has 0 spiro atoms. The molecule has 0 aliphatic rings. The van der Waals surface area contributed by atoms with Crippen LogP contribution in [0, 0.1) is 0 Å². The minimum atomic E-state index is -4.66. The maximum Gasteiger partial charge on any atom is 0.306 e. The van der Waals surface area contributed by atoms with E-state index in [1.807, 2.05) is 21.1 Å². The summed E-state index contributed by atoms with van der Waals surface area (Å²) >= 11 is 0. The first-order valence-electron chi connectivity index (χ1n) is 34.2. The van der Waals surface area contributed by atoms with Crippen LogP contribution < -0.4 is 4.89 Å². The number of rotatable bonds is 61. The summed E-state index contributed by atoms with van der Waals surface area (Å²) in [5, 5.41) is 0. The fraction of sp³-hybridized carbons (Fsp3) is 0.632. The number of allylic oxidation sites excluding steroid dienone is 26. The zero-order valence-corrected chi connectivity index (χ0v) is 56.3. The summed E-state index contributed by atoms with van der Waals surface area (Å²) < 4.78 is 34.2. The summed E-state index contributed by atoms with van der Waals surface area (Å²) in [5.74, 6) is -0.865. The number of quaternary nitrogens is 1. The Morgan fingerprint density at radius 1 is 0.372 bits per heavy atom. The van der Waals surface area contributed by atoms with Crippen molar-refractivity contribution in [1.29, 1.82) is 0 Å². The third kappa shape index (κ3) is 68.7. The van der Waals surface area contributed by atoms with Crippen LogP contribution in [0.2, 0.25) is 0 Å². The van der Waals surface area contributed by atoms with E-state index in [1.165, 1.54) is 89.9 Å². The average molecular weight is 1210 g/mol. The van der Waals surface area contributed by atoms with Crippen molar-refractivity contribution in [2.24, 2.45) is 0 Å². The number of phosphoric ester groups is 1. The number of carbonyl (C=O) groups excluding carboxylic acids is 2. The second-order valence-electron chi connectivity index (χ2n) is 23.5. The Hall–Kier alpha value is -4.37. The molecule has 2 unspecified atom stereocenters. The lowest BCUT2D eigenvalue weighted by molar-refractivity contribution is -0.870. The van der Waals surface area contributed by atoms with Gasteiger partial charge >= 0.3 is 11.9 Å². The van der Waals surface area contributed by atoms with Gasteiger partial charge in [-0.05, 0) is 128 Å². The lowest BCUT2D eigenvalue weighted by Gasteiger charge is -2.28. The Balaban J connectivity index is 4.18. The number of carbonyl (C=O) groups is 2. The Labute approximate surface area is 528 Å². The molecule has 0 aromatic heterocycles. The summed E-state index contributed by atoms with van der Waals surface area (Å²) in [7, 11) is 1.13. The van der Waals surface area contributed by atoms with Gasteiger partial charge in [0.05, 0.1) is 27.7 Å². The molecule has 0 aliphatic carbocycles. The van der Waals surface area contributed by atoms with E-state index >= 15 is 0 Å². The van der Waals surface area contributed by atoms with E-state index in [0.717, 1.165) is 135 Å². The molecule has 0 aromatic carbocycles. The number of ether oxygens (including phenoxy) is 2. The summed E-state index contributed by atoms with van der Waals surface area (Å²) in [6.07, 6.45) is 97.4. The zero-order valence-electron chi connectivity index (χ0n) is 55.4. The summed E-state index contributed by atoms with van der Waals surface area (Å²) in [4.78, 5) is 38.0. The molecule has 0 bridgehead atoms. The van der Waals surface area contributed by atoms with Crippen molar-refractivity contribution in [2.45, 2.75) is 264 Å². The van der Waals surface area contributed by atoms with E-state index in [0.29, 0.717) is 17.4 Å². The maximum absolute atomic E-state index is 12.8. The zero-order chi connectivity index (χ0) is 62.6. The van der Waals surface area contributed by atoms with Gasteiger partial charge in [0.1, 0.15) is 19.8 Å². The molecule has 0 saturated carbocycles. The Kier molecular flexibility index (Phi) is 61.8. The minimum absolute atomic E-state index is 0.0432. The molecule has 0 aliphatic heterocycles. The topological polar surface area (TPSA) is 111 Å². The predicted octanol–water partition coefficient (Wildman–Crippen LogP) is 21.7. The normalized spacial score (nSPS) is 14.2. The van der Waals surface area contributed by atoms with Gasteiger partial charge in [-0.2, -0.15) is 0 Å². The first-order valence-corrected chi connectivity index (χ1v) is 35.7. The van der Waals surface area contributed by atoms with Gasteiger partial charge in [0, 0.05) is 12.8 Å². The minimum Gasteiger partial charge on any atom is -0.756 e. The number of likely N-dealkylation sites (N-methyl/N-ethyl adjacent to an activating group) is 1. The third-order valence-corrected chi connectivity index (χ3v) is 15.0. The van der Waals surface area contributed by atoms with Crippen molar-refractivity contribution in [3.05, 3.63) is 158 Å². The van der Waals surface area contributed by atoms with Crippen LogP contribution in [0.5, 0.6) is 0 Å². The molecule has 10 heteroatoms. The molecule has 2 atom stereocenters. The second kappa shape index (κ2) is 65.1. The highest BCUT2D eigenvalue weighted by Crippen LogP contribution is 2.38. The van der Waals surface area contributed by atoms with Crippen LogP contribution in [0.3, 0.4) is 0 Å². The van der Waals surface area contributed by atoms with Crippen molar-refractivity contribution >= 4 is 19.8 Å². The molecule has 0 N–H and O–H groups in total. The SMILES string of the molecule is CC/C=C\C/C=C\C/C=C\C/C=C\C/C=C\C/C=C\C/C=C\C/C=C\C/C=C\C/C=C\C/C=C\CCCCCCCC(=O)OC(COC(=O)CCCCCCCCCCCCC/C=C\C/C=C\CCCCCCC)COP(=O)([O-])OCC[N+](C)(C)C. The second-order valence-corrected chi connectivity index (χ2v) is 24.9. The van der Waals surface area contributed by atoms with Crippen LogP contribution in [0.1, 0.15) is 258 Å². The summed E-state index contributed by atoms with van der Waals surface area (Å²) in [6, 6.07) is 0. The first kappa shape index (κ1) is 81.6. The number of hydrogen-bond acceptors (Lipinski definition) is 8. The van der Waals surface area contributed by atoms with Gasteiger partial charge in [-0.25, -0.2) is 0 Å². The van der Waals surface area contributed by atoms with E-state index < -0.39 is 32.5 Å². The van der Waals surface area contributed by atoms with Gasteiger partial charge in [-0.3, -0.25) is 14.2 Å². The Morgan fingerprint density at radius 3 is 0.988 bits per heavy atom. The van der Waals surface area contributed by atoms with Crippen LogP contribution in [-0.4, -0.2) is 70.0 Å². The van der Waals surface area contributed by atoms with Crippen molar-refractivity contribution < 1.29 is 42.1 Å². The molecular weight excluding hydrogens is 1090 g/mol. The van der Waals surface area contributed by atoms with E-state index in [1.54, 1.807) is 0 Å². The first-order chi connectivity index (χ1) is 42.0. The molecule has 0 rings (SSSR count). The van der Waals surface area contributed by atoms with Crippen LogP contribution in [-0.2, 0) is 32.7 Å². The smallest absolute Gasteiger partial charge is 0.306 e. The van der Waals surface area contributed by atoms with E-state index in [-0.39, 0.29) is 26.1 Å². The fourth-order valence-electron chi connectivity index (χ4n) is 8.81. The highest BCUT2D eigenvalue weighted by molar-refractivity contribution is 7.45. The fourth-order valence-corrected chi connectivity index (χ4v) is 9.54. The molecule has 9 nitrogen and oxygen atoms in total. The molecule has 0 saturated heterocycles. The van der Waals surface area contributed by atoms with Gasteiger partial charge in [0.15, 0.2) is 6.10 Å². The summed E-state index contributed by atoms with van der Waals surface area (Å²) in [6.45, 7) is 4.08. The van der Waals surface area contributed by atoms with E-state index in [9.17, 15) is 19.0 Å². The van der Waals surface area contributed by atoms with Gasteiger partial charge < -0.3 is 27.9 Å². The number of unbranched alkanes of at least 4 members (excludes halogenated alkanes) is 21. The van der Waals surface area contributed by atoms with E-state index in [4.69, 9.17) is 18.5 Å². The van der Waals surface area contributed by atoms with Crippen LogP contribution in [0.4, 0.5) is 0 Å². The van der Waals surface area contributed by atoms with Crippen molar-refractivity contribution in [2.75, 3.05) is 47.5 Å². The van der Waals surface area contributed by atoms with Gasteiger partial charge in [0.25, 0.3) is 7.82 Å². The molecule has 0 amide bonds. The highest BCUT2D eigenvalue weighted by Gasteiger charge is 2.22. The molecule has 0 aromatic rings. The van der Waals surface area contributed by atoms with Crippen LogP contribution in [0.25, 0.3) is 0 Å². The largest absolute Gasteiger partial charge is 0.756 e. The van der Waals surface area contributed by atoms with Crippen molar-refractivity contribution in [1.82, 2.24) is 0 Å². The van der Waals surface area contributed by atoms with Crippen LogP contribution in [0.15, 0.2) is 158 Å². The standard InChI is InChI=1S/C76H126NO8P/c1-6-8-10-12-14-16-18-20-22-24-26-28-30-31-32-33-34-35-36-37-38-39-40-41-42-43-44-45-47-49-51-53-55-57-59-61-63-65-67-69-76(79)85-74(73-84-86(80,81)83-71-70-77(3,4)5)72-82-75(78)68-66-64-62-60-58-56-54-52-50-48-46-29-27-25-23-21-19-17-15-13-11-9-7-2/h8,10,14,16,19-22,25-28,31-32,34-35,37-38,40-41,43-44,47,49,53,55,74H,6-7,9,11-13,15,17-18,23-24,29-30,33,36,39,42,45-46,48,50-52,54,56-73H2,1-5H3/b10-8-,16-14-,21-19-,22-20-,27-25-,28-26-,32-31-,35-34-,38-37-,41-40-,44-43-,49-47-,55-53-. The Bertz CT molecular complexity index is 2010. The number of esters is 2. The van der Waals surface area contributed by atoms with Crippen molar-refractivity contribution in [3.63, 3.8) is 0 Å². The maximum atomic E-state index is 12.8. The van der Waals surface area contributed by atoms with Gasteiger partial charge in [0.2, 0.25) is 0 Å². The molecule has 0 radical (unpaired) electrons. The Morgan fingerprint density at radius 2 is 0.663 bits per heavy atom. The summed E-state index contributed by atoms with van der Waals surface area (Å²) in [5.41, 5.74) is 0. The quantitative estimate of drug-likeness (QED) is 0.0195. The highest BCUT2D eigenvalue weighted by atomic mass is 31.2. The van der Waals surface area contributed by atoms with Gasteiger partial charge in [-0.1, -0.05) is 275 Å². The third-order valence-electron chi connectivity index (χ3n) is 14.0. The molecule has 0 heterocycles. The number of phosphoric acid groups is 1. The molecular formula is C76H126NO8P. The lowest BCUT2D eigenvalue weighted by atomic mass is 10.0. The lowest BCUT2D eigenvalue weighted by Crippen LogP contribution is -2.37. The molecule has 86 heavy (non-hydrogen) atoms. The average Bonchev–Trinajstić information content (AvgIpc) is 3.56. The van der Waals surface area contributed by atoms with E-state index in [2.05, 4.69) is 172 Å². The van der Waals surface area contributed by atoms with Gasteiger partial charge in [-0.15, -0.1) is 0 Å². The molecule has 0 fully saturated rings. The number of nitrogens with zero attached hydrogens (tertiary/aromatic N) is 1. The molecule has 488 valence electrons. The number of hydrogen-bond donors (Lipinski definition) is 0. The monoisotopic (exact) mass is 1210 g/mol. The van der Waals surface area contributed by atoms with Crippen molar-refractivity contribution in [3.8, 4) is 0 Å². The predicted molar refractivity (Wildman–Crippen MR) is 369 cm³/mol.